The highest BCUT2D eigenvalue weighted by atomic mass is 16.5. The smallest absolute Gasteiger partial charge is 0.229 e. The van der Waals surface area contributed by atoms with Crippen molar-refractivity contribution in [2.45, 2.75) is 32.7 Å². The van der Waals surface area contributed by atoms with E-state index in [0.717, 1.165) is 23.5 Å². The Kier molecular flexibility index (Phi) is 5.04. The lowest BCUT2D eigenvalue weighted by molar-refractivity contribution is -0.118. The molecule has 0 radical (unpaired) electrons. The number of nitrogens with one attached hydrogen (secondary N) is 1. The molecule has 24 heavy (non-hydrogen) atoms. The Morgan fingerprint density at radius 2 is 1.92 bits per heavy atom. The molecule has 0 saturated carbocycles. The highest BCUT2D eigenvalue weighted by molar-refractivity contribution is 5.98. The molecule has 0 fully saturated rings. The fourth-order valence-electron chi connectivity index (χ4n) is 2.98. The monoisotopic (exact) mass is 324 g/mol. The lowest BCUT2D eigenvalue weighted by atomic mass is 10.2. The number of hydrogen-bond donors (Lipinski definition) is 1. The average Bonchev–Trinajstić information content (AvgIpc) is 2.71. The summed E-state index contributed by atoms with van der Waals surface area (Å²) in [5.41, 5.74) is 3.22. The molecule has 126 valence electrons. The molecule has 1 heterocycles. The summed E-state index contributed by atoms with van der Waals surface area (Å²) in [5, 5.41) is 3.40. The Balaban J connectivity index is 1.68. The molecule has 0 aliphatic carbocycles. The number of anilines is 2. The van der Waals surface area contributed by atoms with Crippen LogP contribution in [0.15, 0.2) is 48.5 Å². The molecular weight excluding hydrogens is 300 g/mol. The maximum Gasteiger partial charge on any atom is 0.229 e. The summed E-state index contributed by atoms with van der Waals surface area (Å²) in [4.78, 5) is 14.4. The zero-order valence-corrected chi connectivity index (χ0v) is 14.3. The number of rotatable bonds is 5. The number of ether oxygens (including phenoxy) is 1. The summed E-state index contributed by atoms with van der Waals surface area (Å²) in [5.74, 6) is 0.971. The molecule has 1 unspecified atom stereocenters. The van der Waals surface area contributed by atoms with Gasteiger partial charge in [0.05, 0.1) is 17.9 Å². The van der Waals surface area contributed by atoms with E-state index in [9.17, 15) is 4.79 Å². The van der Waals surface area contributed by atoms with Crippen LogP contribution in [0.5, 0.6) is 5.75 Å². The molecule has 2 aromatic carbocycles. The first-order chi connectivity index (χ1) is 11.7. The third-order valence-corrected chi connectivity index (χ3v) is 4.29. The Bertz CT molecular complexity index is 697. The van der Waals surface area contributed by atoms with Gasteiger partial charge in [0.15, 0.2) is 0 Å². The van der Waals surface area contributed by atoms with Gasteiger partial charge in [-0.05, 0) is 43.2 Å². The van der Waals surface area contributed by atoms with Crippen LogP contribution in [0.3, 0.4) is 0 Å². The van der Waals surface area contributed by atoms with Crippen LogP contribution in [0.2, 0.25) is 0 Å². The van der Waals surface area contributed by atoms with Crippen LogP contribution in [-0.2, 0) is 11.2 Å². The summed E-state index contributed by atoms with van der Waals surface area (Å²) in [6, 6.07) is 16.2. The predicted octanol–water partition coefficient (Wildman–Crippen LogP) is 3.87. The molecule has 1 N–H and O–H groups in total. The van der Waals surface area contributed by atoms with Crippen LogP contribution in [0.1, 0.15) is 25.8 Å². The van der Waals surface area contributed by atoms with E-state index in [4.69, 9.17) is 4.74 Å². The molecule has 1 atom stereocenters. The average molecular weight is 324 g/mol. The quantitative estimate of drug-likeness (QED) is 0.908. The lowest BCUT2D eigenvalue weighted by Gasteiger charge is -2.22. The maximum absolute atomic E-state index is 12.5. The van der Waals surface area contributed by atoms with Gasteiger partial charge in [-0.2, -0.15) is 0 Å². The lowest BCUT2D eigenvalue weighted by Crippen LogP contribution is -2.35. The van der Waals surface area contributed by atoms with Crippen molar-refractivity contribution in [3.05, 3.63) is 54.1 Å². The van der Waals surface area contributed by atoms with Crippen molar-refractivity contribution < 1.29 is 9.53 Å². The number of carbonyl (C=O) groups is 1. The van der Waals surface area contributed by atoms with Crippen LogP contribution in [-0.4, -0.2) is 25.1 Å². The van der Waals surface area contributed by atoms with Crippen LogP contribution < -0.4 is 15.0 Å². The molecule has 4 nitrogen and oxygen atoms in total. The fourth-order valence-corrected chi connectivity index (χ4v) is 2.98. The molecule has 1 amide bonds. The number of para-hydroxylation sites is 2. The first kappa shape index (κ1) is 16.4. The largest absolute Gasteiger partial charge is 0.492 e. The highest BCUT2D eigenvalue weighted by Gasteiger charge is 2.24. The Labute approximate surface area is 143 Å². The van der Waals surface area contributed by atoms with Gasteiger partial charge in [0, 0.05) is 12.5 Å². The zero-order chi connectivity index (χ0) is 16.9. The number of aryl methyl sites for hydroxylation is 1. The predicted molar refractivity (Wildman–Crippen MR) is 97.8 cm³/mol. The van der Waals surface area contributed by atoms with E-state index in [-0.39, 0.29) is 11.9 Å². The van der Waals surface area contributed by atoms with Gasteiger partial charge in [0.2, 0.25) is 5.91 Å². The Morgan fingerprint density at radius 3 is 2.67 bits per heavy atom. The summed E-state index contributed by atoms with van der Waals surface area (Å²) < 4.78 is 5.82. The van der Waals surface area contributed by atoms with Crippen molar-refractivity contribution in [1.29, 1.82) is 0 Å². The van der Waals surface area contributed by atoms with Gasteiger partial charge >= 0.3 is 0 Å². The summed E-state index contributed by atoms with van der Waals surface area (Å²) in [6.07, 6.45) is 1.50. The first-order valence-corrected chi connectivity index (χ1v) is 8.55. The van der Waals surface area contributed by atoms with Crippen LogP contribution in [0.4, 0.5) is 11.4 Å². The molecule has 0 aromatic heterocycles. The van der Waals surface area contributed by atoms with Gasteiger partial charge in [0.25, 0.3) is 0 Å². The minimum atomic E-state index is 0.130. The summed E-state index contributed by atoms with van der Waals surface area (Å²) >= 11 is 0. The third kappa shape index (κ3) is 3.70. The van der Waals surface area contributed by atoms with Crippen molar-refractivity contribution in [3.63, 3.8) is 0 Å². The second-order valence-corrected chi connectivity index (χ2v) is 6.16. The van der Waals surface area contributed by atoms with Gasteiger partial charge in [0.1, 0.15) is 12.4 Å². The van der Waals surface area contributed by atoms with E-state index >= 15 is 0 Å². The van der Waals surface area contributed by atoms with E-state index in [2.05, 4.69) is 24.4 Å². The van der Waals surface area contributed by atoms with Gasteiger partial charge < -0.3 is 15.0 Å². The number of benzene rings is 2. The van der Waals surface area contributed by atoms with Gasteiger partial charge in [-0.1, -0.05) is 31.2 Å². The number of amides is 1. The Morgan fingerprint density at radius 1 is 1.17 bits per heavy atom. The molecular formula is C20H24N2O2. The van der Waals surface area contributed by atoms with E-state index in [1.165, 1.54) is 5.56 Å². The summed E-state index contributed by atoms with van der Waals surface area (Å²) in [6.45, 7) is 5.18. The number of nitrogens with zero attached hydrogens (tertiary/aromatic N) is 1. The summed E-state index contributed by atoms with van der Waals surface area (Å²) in [7, 11) is 0. The minimum Gasteiger partial charge on any atom is -0.492 e. The van der Waals surface area contributed by atoms with Crippen molar-refractivity contribution in [2.24, 2.45) is 0 Å². The van der Waals surface area contributed by atoms with Crippen molar-refractivity contribution in [1.82, 2.24) is 0 Å². The van der Waals surface area contributed by atoms with Crippen molar-refractivity contribution in [2.75, 3.05) is 23.4 Å². The molecule has 3 rings (SSSR count). The normalized spacial score (nSPS) is 17.0. The SMILES string of the molecule is CCc1ccc(OCCN2C(=O)CC(C)Nc3ccccc32)cc1. The van der Waals surface area contributed by atoms with Crippen molar-refractivity contribution >= 4 is 17.3 Å². The zero-order valence-electron chi connectivity index (χ0n) is 14.3. The second kappa shape index (κ2) is 7.39. The third-order valence-electron chi connectivity index (χ3n) is 4.29. The molecule has 2 aromatic rings. The molecule has 4 heteroatoms. The van der Waals surface area contributed by atoms with Crippen LogP contribution in [0, 0.1) is 0 Å². The fraction of sp³-hybridized carbons (Fsp3) is 0.350. The number of fused-ring (bicyclic) bond motifs is 1. The molecule has 0 bridgehead atoms. The maximum atomic E-state index is 12.5. The molecule has 0 spiro atoms. The molecule has 1 aliphatic heterocycles. The van der Waals surface area contributed by atoms with E-state index in [1.54, 1.807) is 0 Å². The van der Waals surface area contributed by atoms with Crippen LogP contribution in [0.25, 0.3) is 0 Å². The highest BCUT2D eigenvalue weighted by Crippen LogP contribution is 2.30. The van der Waals surface area contributed by atoms with E-state index in [0.29, 0.717) is 19.6 Å². The van der Waals surface area contributed by atoms with Crippen molar-refractivity contribution in [3.8, 4) is 5.75 Å². The number of hydrogen-bond acceptors (Lipinski definition) is 3. The number of carbonyl (C=O) groups excluding carboxylic acids is 1. The van der Waals surface area contributed by atoms with E-state index < -0.39 is 0 Å². The van der Waals surface area contributed by atoms with Gasteiger partial charge in [-0.15, -0.1) is 0 Å². The first-order valence-electron chi connectivity index (χ1n) is 8.55. The molecule has 1 aliphatic rings. The second-order valence-electron chi connectivity index (χ2n) is 6.16. The van der Waals surface area contributed by atoms with Gasteiger partial charge in [-0.3, -0.25) is 4.79 Å². The molecule has 0 saturated heterocycles. The van der Waals surface area contributed by atoms with Gasteiger partial charge in [-0.25, -0.2) is 0 Å². The Hall–Kier alpha value is -2.49. The topological polar surface area (TPSA) is 41.6 Å². The standard InChI is InChI=1S/C20H24N2O2/c1-3-16-8-10-17(11-9-16)24-13-12-22-19-7-5-4-6-18(19)21-15(2)14-20(22)23/h4-11,15,21H,3,12-14H2,1-2H3. The minimum absolute atomic E-state index is 0.130. The van der Waals surface area contributed by atoms with E-state index in [1.807, 2.05) is 48.2 Å². The van der Waals surface area contributed by atoms with Crippen LogP contribution >= 0.6 is 0 Å².